The van der Waals surface area contributed by atoms with Crippen LogP contribution in [0.5, 0.6) is 5.75 Å². The summed E-state index contributed by atoms with van der Waals surface area (Å²) < 4.78 is 28.2. The summed E-state index contributed by atoms with van der Waals surface area (Å²) in [5.74, 6) is 0.400. The molecule has 0 spiro atoms. The minimum atomic E-state index is -3.38. The Morgan fingerprint density at radius 1 is 1.32 bits per heavy atom. The fourth-order valence-corrected chi connectivity index (χ4v) is 2.63. The number of aliphatic hydroxyl groups excluding tert-OH is 1. The van der Waals surface area contributed by atoms with E-state index in [-0.39, 0.29) is 15.6 Å². The molecule has 0 heterocycles. The van der Waals surface area contributed by atoms with Gasteiger partial charge in [-0.15, -0.1) is 0 Å². The number of sulfone groups is 1. The monoisotopic (exact) mass is 326 g/mol. The predicted octanol–water partition coefficient (Wildman–Crippen LogP) is 2.86. The van der Waals surface area contributed by atoms with Gasteiger partial charge >= 0.3 is 0 Å². The molecular formula is C12H16Cl2O4S. The van der Waals surface area contributed by atoms with Crippen molar-refractivity contribution in [3.05, 3.63) is 27.7 Å². The van der Waals surface area contributed by atoms with Crippen LogP contribution in [-0.2, 0) is 9.84 Å². The van der Waals surface area contributed by atoms with Gasteiger partial charge in [-0.05, 0) is 19.9 Å². The lowest BCUT2D eigenvalue weighted by Gasteiger charge is -2.19. The predicted molar refractivity (Wildman–Crippen MR) is 76.9 cm³/mol. The first-order valence-corrected chi connectivity index (χ1v) is 8.38. The van der Waals surface area contributed by atoms with Crippen molar-refractivity contribution >= 4 is 33.0 Å². The van der Waals surface area contributed by atoms with Gasteiger partial charge in [-0.1, -0.05) is 23.2 Å². The van der Waals surface area contributed by atoms with Gasteiger partial charge in [0.25, 0.3) is 0 Å². The van der Waals surface area contributed by atoms with Crippen molar-refractivity contribution < 1.29 is 18.3 Å². The Labute approximate surface area is 123 Å². The number of aliphatic hydroxyl groups is 1. The second kappa shape index (κ2) is 6.31. The lowest BCUT2D eigenvalue weighted by molar-refractivity contribution is 0.176. The first kappa shape index (κ1) is 16.6. The van der Waals surface area contributed by atoms with Crippen LogP contribution in [0.25, 0.3) is 0 Å². The molecule has 1 N–H and O–H groups in total. The maximum atomic E-state index is 11.5. The highest BCUT2D eigenvalue weighted by Crippen LogP contribution is 2.36. The number of hydrogen-bond acceptors (Lipinski definition) is 4. The summed E-state index contributed by atoms with van der Waals surface area (Å²) in [6.45, 7) is 3.65. The summed E-state index contributed by atoms with van der Waals surface area (Å²) in [5, 5.41) is 9.61. The van der Waals surface area contributed by atoms with Crippen molar-refractivity contribution in [2.24, 2.45) is 0 Å². The minimum absolute atomic E-state index is 0.218. The van der Waals surface area contributed by atoms with Gasteiger partial charge in [0.15, 0.2) is 9.84 Å². The molecule has 0 amide bonds. The zero-order chi connectivity index (χ0) is 14.8. The molecule has 0 saturated carbocycles. The van der Waals surface area contributed by atoms with Crippen LogP contribution < -0.4 is 4.74 Å². The molecule has 0 aromatic heterocycles. The van der Waals surface area contributed by atoms with E-state index in [1.54, 1.807) is 6.92 Å². The van der Waals surface area contributed by atoms with Gasteiger partial charge in [0, 0.05) is 17.9 Å². The summed E-state index contributed by atoms with van der Waals surface area (Å²) in [4.78, 5) is 0. The first-order chi connectivity index (χ1) is 8.68. The number of halogens is 2. The van der Waals surface area contributed by atoms with E-state index in [2.05, 4.69) is 0 Å². The summed E-state index contributed by atoms with van der Waals surface area (Å²) in [5.41, 5.74) is 0.271. The average molecular weight is 327 g/mol. The fraction of sp³-hybridized carbons (Fsp3) is 0.500. The third kappa shape index (κ3) is 3.99. The normalized spacial score (nSPS) is 15.1. The molecule has 4 nitrogen and oxygen atoms in total. The van der Waals surface area contributed by atoms with Gasteiger partial charge < -0.3 is 9.84 Å². The molecule has 0 saturated heterocycles. The molecular weight excluding hydrogens is 311 g/mol. The highest BCUT2D eigenvalue weighted by atomic mass is 35.5. The number of benzene rings is 1. The largest absolute Gasteiger partial charge is 0.492 e. The second-order valence-corrected chi connectivity index (χ2v) is 7.43. The molecule has 2 atom stereocenters. The zero-order valence-corrected chi connectivity index (χ0v) is 13.2. The average Bonchev–Trinajstić information content (AvgIpc) is 2.30. The maximum Gasteiger partial charge on any atom is 0.152 e. The minimum Gasteiger partial charge on any atom is -0.492 e. The fourth-order valence-electron chi connectivity index (χ4n) is 1.52. The van der Waals surface area contributed by atoms with E-state index in [0.29, 0.717) is 12.4 Å². The van der Waals surface area contributed by atoms with Crippen LogP contribution >= 0.6 is 23.2 Å². The summed E-state index contributed by atoms with van der Waals surface area (Å²) in [6.07, 6.45) is -0.180. The van der Waals surface area contributed by atoms with E-state index in [9.17, 15) is 13.5 Å². The molecule has 0 aliphatic rings. The molecule has 19 heavy (non-hydrogen) atoms. The Kier molecular flexibility index (Phi) is 5.50. The van der Waals surface area contributed by atoms with Gasteiger partial charge in [0.1, 0.15) is 5.75 Å². The Bertz CT molecular complexity index is 557. The molecule has 0 bridgehead atoms. The molecule has 0 aliphatic heterocycles. The van der Waals surface area contributed by atoms with Crippen molar-refractivity contribution in [2.45, 2.75) is 25.2 Å². The van der Waals surface area contributed by atoms with Gasteiger partial charge in [0.2, 0.25) is 0 Å². The molecule has 1 aromatic rings. The Balaban J connectivity index is 3.18. The van der Waals surface area contributed by atoms with E-state index >= 15 is 0 Å². The highest BCUT2D eigenvalue weighted by molar-refractivity contribution is 7.91. The second-order valence-electron chi connectivity index (χ2n) is 4.22. The summed E-state index contributed by atoms with van der Waals surface area (Å²) in [6, 6.07) is 2.90. The van der Waals surface area contributed by atoms with Crippen LogP contribution in [0.1, 0.15) is 25.5 Å². The summed E-state index contributed by atoms with van der Waals surface area (Å²) in [7, 11) is -3.38. The van der Waals surface area contributed by atoms with Crippen molar-refractivity contribution in [3.8, 4) is 5.75 Å². The smallest absolute Gasteiger partial charge is 0.152 e. The number of ether oxygens (including phenoxy) is 1. The van der Waals surface area contributed by atoms with E-state index in [4.69, 9.17) is 27.9 Å². The van der Waals surface area contributed by atoms with E-state index in [1.807, 2.05) is 0 Å². The van der Waals surface area contributed by atoms with Gasteiger partial charge in [0.05, 0.1) is 28.0 Å². The number of rotatable bonds is 5. The first-order valence-electron chi connectivity index (χ1n) is 5.67. The van der Waals surface area contributed by atoms with Crippen LogP contribution in [-0.4, -0.2) is 31.6 Å². The lowest BCUT2D eigenvalue weighted by Crippen LogP contribution is -2.24. The third-order valence-electron chi connectivity index (χ3n) is 2.79. The Hall–Kier alpha value is -0.490. The maximum absolute atomic E-state index is 11.5. The topological polar surface area (TPSA) is 63.6 Å². The Morgan fingerprint density at radius 3 is 2.37 bits per heavy atom. The Morgan fingerprint density at radius 2 is 1.89 bits per heavy atom. The molecule has 108 valence electrons. The quantitative estimate of drug-likeness (QED) is 0.903. The van der Waals surface area contributed by atoms with Crippen molar-refractivity contribution in [3.63, 3.8) is 0 Å². The lowest BCUT2D eigenvalue weighted by atomic mass is 10.1. The van der Waals surface area contributed by atoms with Crippen molar-refractivity contribution in [2.75, 3.05) is 12.9 Å². The van der Waals surface area contributed by atoms with Crippen LogP contribution in [0.15, 0.2) is 12.1 Å². The van der Waals surface area contributed by atoms with E-state index < -0.39 is 21.2 Å². The van der Waals surface area contributed by atoms with Crippen LogP contribution in [0.4, 0.5) is 0 Å². The van der Waals surface area contributed by atoms with Crippen LogP contribution in [0.2, 0.25) is 10.0 Å². The standard InChI is InChI=1S/C12H16Cl2O4S/c1-4-18-11-6-9(13)8(5-10(11)14)12(15)7(2)19(3,16)17/h5-7,12,15H,4H2,1-3H3. The van der Waals surface area contributed by atoms with E-state index in [1.165, 1.54) is 19.1 Å². The number of hydrogen-bond donors (Lipinski definition) is 1. The van der Waals surface area contributed by atoms with Gasteiger partial charge in [-0.3, -0.25) is 0 Å². The van der Waals surface area contributed by atoms with E-state index in [0.717, 1.165) is 6.26 Å². The molecule has 2 unspecified atom stereocenters. The SMILES string of the molecule is CCOc1cc(Cl)c(C(O)C(C)S(C)(=O)=O)cc1Cl. The zero-order valence-electron chi connectivity index (χ0n) is 10.9. The third-order valence-corrected chi connectivity index (χ3v) is 5.02. The molecule has 1 aromatic carbocycles. The van der Waals surface area contributed by atoms with Crippen molar-refractivity contribution in [1.29, 1.82) is 0 Å². The molecule has 7 heteroatoms. The van der Waals surface area contributed by atoms with Crippen LogP contribution in [0.3, 0.4) is 0 Å². The molecule has 1 rings (SSSR count). The highest BCUT2D eigenvalue weighted by Gasteiger charge is 2.27. The molecule has 0 radical (unpaired) electrons. The molecule has 0 fully saturated rings. The van der Waals surface area contributed by atoms with Gasteiger partial charge in [-0.2, -0.15) is 0 Å². The summed E-state index contributed by atoms with van der Waals surface area (Å²) >= 11 is 12.0. The van der Waals surface area contributed by atoms with Crippen LogP contribution in [0, 0.1) is 0 Å². The van der Waals surface area contributed by atoms with Crippen molar-refractivity contribution in [1.82, 2.24) is 0 Å². The van der Waals surface area contributed by atoms with Gasteiger partial charge in [-0.25, -0.2) is 8.42 Å². The molecule has 0 aliphatic carbocycles.